The minimum atomic E-state index is 0.0219. The van der Waals surface area contributed by atoms with Crippen LogP contribution in [0.3, 0.4) is 0 Å². The number of rotatable bonds is 1. The van der Waals surface area contributed by atoms with Gasteiger partial charge < -0.3 is 0 Å². The standard InChI is InChI=1S/C17H14O/c1-11-6-5-7-13(10-11)16-12(2)17(18)15-9-4-3-8-14(15)16/h3-10,16H,2H2,1H3. The Labute approximate surface area is 107 Å². The van der Waals surface area contributed by atoms with Crippen LogP contribution in [0.15, 0.2) is 60.7 Å². The number of allylic oxidation sites excluding steroid dienone is 1. The molecule has 1 aliphatic rings. The van der Waals surface area contributed by atoms with Crippen molar-refractivity contribution < 1.29 is 4.79 Å². The second-order valence-electron chi connectivity index (χ2n) is 4.79. The van der Waals surface area contributed by atoms with Crippen LogP contribution < -0.4 is 0 Å². The van der Waals surface area contributed by atoms with E-state index in [1.807, 2.05) is 30.3 Å². The van der Waals surface area contributed by atoms with Crippen LogP contribution in [-0.2, 0) is 0 Å². The molecule has 1 atom stereocenters. The minimum absolute atomic E-state index is 0.0219. The lowest BCUT2D eigenvalue weighted by Gasteiger charge is -2.13. The molecule has 2 aromatic rings. The zero-order valence-electron chi connectivity index (χ0n) is 10.3. The van der Waals surface area contributed by atoms with Crippen molar-refractivity contribution in [2.24, 2.45) is 0 Å². The highest BCUT2D eigenvalue weighted by molar-refractivity contribution is 6.14. The summed E-state index contributed by atoms with van der Waals surface area (Å²) in [4.78, 5) is 12.2. The molecule has 0 aromatic heterocycles. The third kappa shape index (κ3) is 1.52. The van der Waals surface area contributed by atoms with E-state index in [2.05, 4.69) is 31.7 Å². The first kappa shape index (κ1) is 11.0. The van der Waals surface area contributed by atoms with Gasteiger partial charge in [0.25, 0.3) is 0 Å². The molecule has 0 bridgehead atoms. The van der Waals surface area contributed by atoms with Crippen LogP contribution in [0.1, 0.15) is 33.0 Å². The van der Waals surface area contributed by atoms with E-state index in [-0.39, 0.29) is 11.7 Å². The molecule has 3 rings (SSSR count). The number of aryl methyl sites for hydroxylation is 1. The molecular formula is C17H14O. The molecule has 1 nitrogen and oxygen atoms in total. The lowest BCUT2D eigenvalue weighted by molar-refractivity contribution is 0.103. The Hall–Kier alpha value is -2.15. The molecule has 1 unspecified atom stereocenters. The summed E-state index contributed by atoms with van der Waals surface area (Å²) < 4.78 is 0. The molecule has 0 spiro atoms. The fourth-order valence-electron chi connectivity index (χ4n) is 2.68. The number of hydrogen-bond acceptors (Lipinski definition) is 1. The molecule has 0 amide bonds. The topological polar surface area (TPSA) is 17.1 Å². The fourth-order valence-corrected chi connectivity index (χ4v) is 2.68. The number of carbonyl (C=O) groups excluding carboxylic acids is 1. The Bertz CT molecular complexity index is 652. The maximum absolute atomic E-state index is 12.2. The van der Waals surface area contributed by atoms with Crippen molar-refractivity contribution >= 4 is 5.78 Å². The van der Waals surface area contributed by atoms with Gasteiger partial charge in [0.1, 0.15) is 0 Å². The molecule has 0 heterocycles. The van der Waals surface area contributed by atoms with E-state index in [1.165, 1.54) is 5.56 Å². The van der Waals surface area contributed by atoms with Gasteiger partial charge in [0.2, 0.25) is 0 Å². The molecule has 0 aliphatic heterocycles. The molecule has 1 aliphatic carbocycles. The summed E-state index contributed by atoms with van der Waals surface area (Å²) in [6.07, 6.45) is 0. The first-order valence-electron chi connectivity index (χ1n) is 6.07. The SMILES string of the molecule is C=C1C(=O)c2ccccc2C1c1cccc(C)c1. The smallest absolute Gasteiger partial charge is 0.189 e. The Morgan fingerprint density at radius 2 is 1.83 bits per heavy atom. The number of ketones is 1. The maximum atomic E-state index is 12.2. The van der Waals surface area contributed by atoms with Crippen LogP contribution in [0.25, 0.3) is 0 Å². The quantitative estimate of drug-likeness (QED) is 0.684. The number of fused-ring (bicyclic) bond motifs is 1. The summed E-state index contributed by atoms with van der Waals surface area (Å²) in [5.41, 5.74) is 4.92. The van der Waals surface area contributed by atoms with E-state index >= 15 is 0 Å². The molecule has 0 fully saturated rings. The second kappa shape index (κ2) is 3.95. The van der Waals surface area contributed by atoms with Crippen molar-refractivity contribution in [2.45, 2.75) is 12.8 Å². The molecule has 0 saturated heterocycles. The van der Waals surface area contributed by atoms with Crippen LogP contribution >= 0.6 is 0 Å². The number of hydrogen-bond donors (Lipinski definition) is 0. The van der Waals surface area contributed by atoms with E-state index in [0.29, 0.717) is 5.57 Å². The van der Waals surface area contributed by atoms with E-state index < -0.39 is 0 Å². The van der Waals surface area contributed by atoms with Gasteiger partial charge in [0, 0.05) is 17.1 Å². The Morgan fingerprint density at radius 3 is 2.61 bits per heavy atom. The first-order valence-corrected chi connectivity index (χ1v) is 6.07. The molecule has 0 saturated carbocycles. The molecule has 1 heteroatoms. The predicted molar refractivity (Wildman–Crippen MR) is 72.9 cm³/mol. The summed E-state index contributed by atoms with van der Waals surface area (Å²) in [6.45, 7) is 6.05. The molecule has 88 valence electrons. The normalized spacial score (nSPS) is 17.9. The van der Waals surface area contributed by atoms with Gasteiger partial charge in [-0.1, -0.05) is 60.7 Å². The van der Waals surface area contributed by atoms with Crippen LogP contribution in [0.5, 0.6) is 0 Å². The predicted octanol–water partition coefficient (Wildman–Crippen LogP) is 3.88. The van der Waals surface area contributed by atoms with Crippen molar-refractivity contribution in [3.63, 3.8) is 0 Å². The van der Waals surface area contributed by atoms with E-state index in [4.69, 9.17) is 0 Å². The zero-order chi connectivity index (χ0) is 12.7. The first-order chi connectivity index (χ1) is 8.68. The van der Waals surface area contributed by atoms with Gasteiger partial charge in [-0.05, 0) is 18.1 Å². The van der Waals surface area contributed by atoms with E-state index in [0.717, 1.165) is 16.7 Å². The van der Waals surface area contributed by atoms with E-state index in [9.17, 15) is 4.79 Å². The summed E-state index contributed by atoms with van der Waals surface area (Å²) in [6, 6.07) is 16.1. The van der Waals surface area contributed by atoms with Gasteiger partial charge in [-0.3, -0.25) is 4.79 Å². The number of carbonyl (C=O) groups is 1. The Balaban J connectivity index is 2.19. The van der Waals surface area contributed by atoms with Crippen LogP contribution in [0, 0.1) is 6.92 Å². The molecular weight excluding hydrogens is 220 g/mol. The largest absolute Gasteiger partial charge is 0.289 e. The summed E-state index contributed by atoms with van der Waals surface area (Å²) in [7, 11) is 0. The van der Waals surface area contributed by atoms with Crippen molar-refractivity contribution in [1.29, 1.82) is 0 Å². The highest BCUT2D eigenvalue weighted by Crippen LogP contribution is 2.41. The molecule has 0 radical (unpaired) electrons. The monoisotopic (exact) mass is 234 g/mol. The number of Topliss-reactive ketones (excluding diaryl/α,β-unsaturated/α-hetero) is 1. The Morgan fingerprint density at radius 1 is 1.06 bits per heavy atom. The van der Waals surface area contributed by atoms with Crippen LogP contribution in [0.2, 0.25) is 0 Å². The summed E-state index contributed by atoms with van der Waals surface area (Å²) >= 11 is 0. The van der Waals surface area contributed by atoms with Crippen LogP contribution in [0.4, 0.5) is 0 Å². The zero-order valence-corrected chi connectivity index (χ0v) is 10.3. The van der Waals surface area contributed by atoms with Gasteiger partial charge >= 0.3 is 0 Å². The Kier molecular flexibility index (Phi) is 2.41. The summed E-state index contributed by atoms with van der Waals surface area (Å²) in [5, 5.41) is 0. The average molecular weight is 234 g/mol. The van der Waals surface area contributed by atoms with Gasteiger partial charge in [0.05, 0.1) is 0 Å². The van der Waals surface area contributed by atoms with Gasteiger partial charge in [-0.15, -0.1) is 0 Å². The van der Waals surface area contributed by atoms with Crippen molar-refractivity contribution in [3.8, 4) is 0 Å². The van der Waals surface area contributed by atoms with Crippen LogP contribution in [-0.4, -0.2) is 5.78 Å². The minimum Gasteiger partial charge on any atom is -0.289 e. The van der Waals surface area contributed by atoms with Gasteiger partial charge in [-0.2, -0.15) is 0 Å². The lowest BCUT2D eigenvalue weighted by atomic mass is 9.90. The highest BCUT2D eigenvalue weighted by Gasteiger charge is 2.33. The summed E-state index contributed by atoms with van der Waals surface area (Å²) in [5.74, 6) is 0.103. The molecule has 0 N–H and O–H groups in total. The number of benzene rings is 2. The lowest BCUT2D eigenvalue weighted by Crippen LogP contribution is -2.00. The second-order valence-corrected chi connectivity index (χ2v) is 4.79. The average Bonchev–Trinajstić information content (AvgIpc) is 2.63. The van der Waals surface area contributed by atoms with Gasteiger partial charge in [0.15, 0.2) is 5.78 Å². The third-order valence-electron chi connectivity index (χ3n) is 3.53. The highest BCUT2D eigenvalue weighted by atomic mass is 16.1. The van der Waals surface area contributed by atoms with E-state index in [1.54, 1.807) is 0 Å². The maximum Gasteiger partial charge on any atom is 0.189 e. The van der Waals surface area contributed by atoms with Crippen molar-refractivity contribution in [3.05, 3.63) is 82.9 Å². The molecule has 18 heavy (non-hydrogen) atoms. The third-order valence-corrected chi connectivity index (χ3v) is 3.53. The van der Waals surface area contributed by atoms with Crippen molar-refractivity contribution in [1.82, 2.24) is 0 Å². The molecule has 2 aromatic carbocycles. The van der Waals surface area contributed by atoms with Crippen molar-refractivity contribution in [2.75, 3.05) is 0 Å². The van der Waals surface area contributed by atoms with Gasteiger partial charge in [-0.25, -0.2) is 0 Å². The fraction of sp³-hybridized carbons (Fsp3) is 0.118.